The molecule has 0 saturated carbocycles. The Morgan fingerprint density at radius 3 is 2.79 bits per heavy atom. The smallest absolute Gasteiger partial charge is 0.233 e. The van der Waals surface area contributed by atoms with E-state index in [1.807, 2.05) is 41.8 Å². The fraction of sp³-hybridized carbons (Fsp3) is 0.316. The summed E-state index contributed by atoms with van der Waals surface area (Å²) in [7, 11) is -3.07. The van der Waals surface area contributed by atoms with Gasteiger partial charge in [-0.15, -0.1) is 11.3 Å². The number of benzene rings is 1. The summed E-state index contributed by atoms with van der Waals surface area (Å²) >= 11 is 2.91. The summed E-state index contributed by atoms with van der Waals surface area (Å²) in [5.41, 5.74) is 0.993. The Bertz CT molecular complexity index is 1080. The van der Waals surface area contributed by atoms with Gasteiger partial charge in [-0.25, -0.2) is 18.4 Å². The molecule has 146 valence electrons. The second-order valence-corrected chi connectivity index (χ2v) is 10.8. The summed E-state index contributed by atoms with van der Waals surface area (Å²) in [5, 5.41) is 3.68. The first-order valence-corrected chi connectivity index (χ1v) is 12.6. The van der Waals surface area contributed by atoms with Gasteiger partial charge in [0.05, 0.1) is 17.3 Å². The van der Waals surface area contributed by atoms with Crippen molar-refractivity contribution in [3.63, 3.8) is 0 Å². The zero-order valence-corrected chi connectivity index (χ0v) is 17.5. The van der Waals surface area contributed by atoms with Crippen molar-refractivity contribution in [3.05, 3.63) is 53.7 Å². The van der Waals surface area contributed by atoms with Crippen molar-refractivity contribution < 1.29 is 13.2 Å². The van der Waals surface area contributed by atoms with E-state index >= 15 is 0 Å². The van der Waals surface area contributed by atoms with Crippen molar-refractivity contribution in [2.45, 2.75) is 24.0 Å². The zero-order chi connectivity index (χ0) is 19.6. The second-order valence-electron chi connectivity index (χ2n) is 6.67. The lowest BCUT2D eigenvalue weighted by Crippen LogP contribution is -2.41. The molecule has 4 rings (SSSR count). The molecular formula is C19H19N3O3S3. The second kappa shape index (κ2) is 8.18. The SMILES string of the molecule is O=C(CSc1ncnc2sccc12)N(Cc1ccccc1)[C@H]1CCS(=O)(=O)C1. The third-order valence-corrected chi connectivity index (χ3v) is 8.28. The maximum absolute atomic E-state index is 13.1. The first-order chi connectivity index (χ1) is 13.5. The topological polar surface area (TPSA) is 80.2 Å². The molecule has 1 aliphatic rings. The number of hydrogen-bond acceptors (Lipinski definition) is 7. The number of nitrogens with zero attached hydrogens (tertiary/aromatic N) is 3. The number of amides is 1. The van der Waals surface area contributed by atoms with Gasteiger partial charge in [0.2, 0.25) is 5.91 Å². The number of rotatable bonds is 6. The fourth-order valence-electron chi connectivity index (χ4n) is 3.32. The summed E-state index contributed by atoms with van der Waals surface area (Å²) in [6.45, 7) is 0.415. The minimum atomic E-state index is -3.07. The highest BCUT2D eigenvalue weighted by Crippen LogP contribution is 2.28. The van der Waals surface area contributed by atoms with Crippen LogP contribution in [0.15, 0.2) is 53.1 Å². The van der Waals surface area contributed by atoms with Gasteiger partial charge in [-0.2, -0.15) is 0 Å². The first-order valence-electron chi connectivity index (χ1n) is 8.87. The predicted molar refractivity (Wildman–Crippen MR) is 112 cm³/mol. The maximum atomic E-state index is 13.1. The minimum Gasteiger partial charge on any atom is -0.334 e. The summed E-state index contributed by atoms with van der Waals surface area (Å²) in [4.78, 5) is 24.2. The van der Waals surface area contributed by atoms with E-state index in [0.717, 1.165) is 20.8 Å². The molecule has 0 spiro atoms. The number of fused-ring (bicyclic) bond motifs is 1. The molecule has 1 saturated heterocycles. The van der Waals surface area contributed by atoms with Crippen molar-refractivity contribution in [1.29, 1.82) is 0 Å². The standard InChI is InChI=1S/C19H19N3O3S3/c23-17(11-27-19-16-6-8-26-18(16)20-13-21-19)22(10-14-4-2-1-3-5-14)15-7-9-28(24,25)12-15/h1-6,8,13,15H,7,9-12H2/t15-/m0/s1. The number of carbonyl (C=O) groups excluding carboxylic acids is 1. The number of aromatic nitrogens is 2. The van der Waals surface area contributed by atoms with E-state index in [9.17, 15) is 13.2 Å². The van der Waals surface area contributed by atoms with Crippen LogP contribution in [0.25, 0.3) is 10.2 Å². The van der Waals surface area contributed by atoms with Crippen LogP contribution in [0.5, 0.6) is 0 Å². The third-order valence-electron chi connectivity index (χ3n) is 4.72. The van der Waals surface area contributed by atoms with Crippen LogP contribution >= 0.6 is 23.1 Å². The lowest BCUT2D eigenvalue weighted by Gasteiger charge is -2.28. The van der Waals surface area contributed by atoms with E-state index in [0.29, 0.717) is 13.0 Å². The Kier molecular flexibility index (Phi) is 5.65. The summed E-state index contributed by atoms with van der Waals surface area (Å²) in [6.07, 6.45) is 2.00. The first kappa shape index (κ1) is 19.4. The van der Waals surface area contributed by atoms with Gasteiger partial charge in [0, 0.05) is 18.0 Å². The fourth-order valence-corrected chi connectivity index (χ4v) is 6.71. The Balaban J connectivity index is 1.52. The summed E-state index contributed by atoms with van der Waals surface area (Å²) in [5.74, 6) is 0.326. The number of carbonyl (C=O) groups is 1. The molecule has 6 nitrogen and oxygen atoms in total. The van der Waals surface area contributed by atoms with Gasteiger partial charge >= 0.3 is 0 Å². The Morgan fingerprint density at radius 2 is 2.04 bits per heavy atom. The molecule has 1 fully saturated rings. The summed E-state index contributed by atoms with van der Waals surface area (Å²) in [6, 6.07) is 11.4. The number of thiophene rings is 1. The highest BCUT2D eigenvalue weighted by atomic mass is 32.2. The molecule has 1 amide bonds. The maximum Gasteiger partial charge on any atom is 0.233 e. The highest BCUT2D eigenvalue weighted by Gasteiger charge is 2.34. The van der Waals surface area contributed by atoms with E-state index < -0.39 is 9.84 Å². The van der Waals surface area contributed by atoms with Crippen LogP contribution in [0.3, 0.4) is 0 Å². The molecule has 9 heteroatoms. The molecular weight excluding hydrogens is 414 g/mol. The van der Waals surface area contributed by atoms with Crippen LogP contribution in [-0.4, -0.2) is 52.5 Å². The number of sulfone groups is 1. The van der Waals surface area contributed by atoms with Gasteiger partial charge in [0.25, 0.3) is 0 Å². The average Bonchev–Trinajstić information content (AvgIpc) is 3.31. The van der Waals surface area contributed by atoms with Crippen LogP contribution in [-0.2, 0) is 21.2 Å². The van der Waals surface area contributed by atoms with Crippen LogP contribution in [0, 0.1) is 0 Å². The molecule has 0 N–H and O–H groups in total. The molecule has 1 aliphatic heterocycles. The Labute approximate surface area is 171 Å². The monoisotopic (exact) mass is 433 g/mol. The van der Waals surface area contributed by atoms with Crippen molar-refractivity contribution >= 4 is 49.1 Å². The van der Waals surface area contributed by atoms with Gasteiger partial charge in [0.15, 0.2) is 9.84 Å². The number of hydrogen-bond donors (Lipinski definition) is 0. The highest BCUT2D eigenvalue weighted by molar-refractivity contribution is 8.00. The van der Waals surface area contributed by atoms with Crippen molar-refractivity contribution in [2.75, 3.05) is 17.3 Å². The molecule has 28 heavy (non-hydrogen) atoms. The van der Waals surface area contributed by atoms with Crippen molar-refractivity contribution in [1.82, 2.24) is 14.9 Å². The van der Waals surface area contributed by atoms with Gasteiger partial charge in [-0.3, -0.25) is 4.79 Å². The molecule has 0 radical (unpaired) electrons. The van der Waals surface area contributed by atoms with Gasteiger partial charge in [-0.05, 0) is 23.4 Å². The van der Waals surface area contributed by atoms with Crippen molar-refractivity contribution in [3.8, 4) is 0 Å². The largest absolute Gasteiger partial charge is 0.334 e. The lowest BCUT2D eigenvalue weighted by atomic mass is 10.1. The van der Waals surface area contributed by atoms with Crippen LogP contribution in [0.4, 0.5) is 0 Å². The molecule has 2 aromatic heterocycles. The summed E-state index contributed by atoms with van der Waals surface area (Å²) < 4.78 is 23.9. The number of thioether (sulfide) groups is 1. The molecule has 1 aromatic carbocycles. The van der Waals surface area contributed by atoms with E-state index in [2.05, 4.69) is 9.97 Å². The van der Waals surface area contributed by atoms with E-state index in [1.54, 1.807) is 4.90 Å². The van der Waals surface area contributed by atoms with Gasteiger partial charge < -0.3 is 4.90 Å². The Morgan fingerprint density at radius 1 is 1.21 bits per heavy atom. The molecule has 3 aromatic rings. The van der Waals surface area contributed by atoms with Crippen LogP contribution < -0.4 is 0 Å². The molecule has 1 atom stereocenters. The zero-order valence-electron chi connectivity index (χ0n) is 15.0. The van der Waals surface area contributed by atoms with E-state index in [1.165, 1.54) is 29.4 Å². The molecule has 0 bridgehead atoms. The molecule has 0 unspecified atom stereocenters. The van der Waals surface area contributed by atoms with Crippen molar-refractivity contribution in [2.24, 2.45) is 0 Å². The molecule has 0 aliphatic carbocycles. The van der Waals surface area contributed by atoms with E-state index in [-0.39, 0.29) is 29.2 Å². The van der Waals surface area contributed by atoms with Gasteiger partial charge in [0.1, 0.15) is 16.2 Å². The van der Waals surface area contributed by atoms with Crippen LogP contribution in [0.1, 0.15) is 12.0 Å². The van der Waals surface area contributed by atoms with Crippen LogP contribution in [0.2, 0.25) is 0 Å². The third kappa shape index (κ3) is 4.37. The molecule has 3 heterocycles. The minimum absolute atomic E-state index is 0.0402. The van der Waals surface area contributed by atoms with Gasteiger partial charge in [-0.1, -0.05) is 42.1 Å². The predicted octanol–water partition coefficient (Wildman–Crippen LogP) is 3.00. The van der Waals surface area contributed by atoms with E-state index in [4.69, 9.17) is 0 Å². The Hall–Kier alpha value is -1.97. The normalized spacial score (nSPS) is 18.4. The average molecular weight is 434 g/mol. The lowest BCUT2D eigenvalue weighted by molar-refractivity contribution is -0.130. The quantitative estimate of drug-likeness (QED) is 0.439.